The van der Waals surface area contributed by atoms with E-state index in [4.69, 9.17) is 0 Å². The van der Waals surface area contributed by atoms with Crippen LogP contribution < -0.4 is 0 Å². The predicted octanol–water partition coefficient (Wildman–Crippen LogP) is 4.16. The van der Waals surface area contributed by atoms with Gasteiger partial charge in [0, 0.05) is 25.3 Å². The molecule has 2 bridgehead atoms. The highest BCUT2D eigenvalue weighted by atomic mass is 15.2. The number of benzene rings is 1. The van der Waals surface area contributed by atoms with Crippen LogP contribution in [-0.2, 0) is 5.41 Å². The van der Waals surface area contributed by atoms with Gasteiger partial charge in [-0.1, -0.05) is 36.4 Å². The van der Waals surface area contributed by atoms with Gasteiger partial charge in [-0.2, -0.15) is 5.26 Å². The van der Waals surface area contributed by atoms with Gasteiger partial charge in [-0.3, -0.25) is 4.98 Å². The summed E-state index contributed by atoms with van der Waals surface area (Å²) < 4.78 is 0. The standard InChI is InChI=1S/C22H25N3/c23-17-22(19-6-2-1-3-7-19,21-8-4-5-14-24-21)13-15-25-16-18-9-11-20(25)12-10-18/h1-8,14,18,20H,9-13,15-16H2. The molecule has 0 N–H and O–H groups in total. The van der Waals surface area contributed by atoms with Crippen LogP contribution in [0.4, 0.5) is 0 Å². The van der Waals surface area contributed by atoms with Gasteiger partial charge in [0.2, 0.25) is 0 Å². The molecule has 1 aromatic heterocycles. The van der Waals surface area contributed by atoms with E-state index in [1.165, 1.54) is 32.2 Å². The molecular weight excluding hydrogens is 306 g/mol. The Kier molecular flexibility index (Phi) is 4.55. The summed E-state index contributed by atoms with van der Waals surface area (Å²) >= 11 is 0. The van der Waals surface area contributed by atoms with Crippen molar-refractivity contribution in [2.75, 3.05) is 13.1 Å². The summed E-state index contributed by atoms with van der Waals surface area (Å²) in [6.45, 7) is 2.18. The first-order valence-electron chi connectivity index (χ1n) is 9.44. The fourth-order valence-electron chi connectivity index (χ4n) is 4.69. The number of pyridine rings is 1. The highest BCUT2D eigenvalue weighted by Gasteiger charge is 2.39. The van der Waals surface area contributed by atoms with Gasteiger partial charge in [0.25, 0.3) is 0 Å². The summed E-state index contributed by atoms with van der Waals surface area (Å²) in [6.07, 6.45) is 8.05. The van der Waals surface area contributed by atoms with Crippen LogP contribution in [0.3, 0.4) is 0 Å². The fraction of sp³-hybridized carbons (Fsp3) is 0.455. The zero-order valence-electron chi connectivity index (χ0n) is 14.6. The van der Waals surface area contributed by atoms with Crippen molar-refractivity contribution < 1.29 is 0 Å². The van der Waals surface area contributed by atoms with Crippen LogP contribution in [0.5, 0.6) is 0 Å². The van der Waals surface area contributed by atoms with Crippen LogP contribution in [0.15, 0.2) is 54.7 Å². The molecule has 0 amide bonds. The minimum atomic E-state index is -0.667. The van der Waals surface area contributed by atoms with E-state index in [1.807, 2.05) is 36.4 Å². The smallest absolute Gasteiger partial charge is 0.125 e. The third-order valence-corrected chi connectivity index (χ3v) is 6.16. The maximum absolute atomic E-state index is 10.2. The Balaban J connectivity index is 1.63. The predicted molar refractivity (Wildman–Crippen MR) is 99.0 cm³/mol. The van der Waals surface area contributed by atoms with Crippen molar-refractivity contribution in [2.24, 2.45) is 5.92 Å². The van der Waals surface area contributed by atoms with Crippen LogP contribution in [0.1, 0.15) is 43.4 Å². The van der Waals surface area contributed by atoms with Gasteiger partial charge in [-0.05, 0) is 55.7 Å². The number of hydrogen-bond donors (Lipinski definition) is 0. The van der Waals surface area contributed by atoms with E-state index in [2.05, 4.69) is 28.1 Å². The quantitative estimate of drug-likeness (QED) is 0.826. The first-order valence-corrected chi connectivity index (χ1v) is 9.44. The number of aromatic nitrogens is 1. The molecule has 1 aliphatic carbocycles. The lowest BCUT2D eigenvalue weighted by molar-refractivity contribution is 0.0457. The molecule has 2 aromatic rings. The third-order valence-electron chi connectivity index (χ3n) is 6.16. The lowest BCUT2D eigenvalue weighted by atomic mass is 9.74. The Morgan fingerprint density at radius 1 is 1.04 bits per heavy atom. The molecule has 3 heterocycles. The molecule has 1 aromatic carbocycles. The molecule has 128 valence electrons. The van der Waals surface area contributed by atoms with Crippen LogP contribution in [0.2, 0.25) is 0 Å². The lowest BCUT2D eigenvalue weighted by Gasteiger charge is -2.46. The topological polar surface area (TPSA) is 39.9 Å². The second-order valence-electron chi connectivity index (χ2n) is 7.52. The SMILES string of the molecule is N#CC(CCN1CC2CCC1CC2)(c1ccccc1)c1ccccn1. The third kappa shape index (κ3) is 3.07. The van der Waals surface area contributed by atoms with Gasteiger partial charge in [0.1, 0.15) is 5.41 Å². The molecule has 1 unspecified atom stereocenters. The highest BCUT2D eigenvalue weighted by Crippen LogP contribution is 2.38. The van der Waals surface area contributed by atoms with Gasteiger partial charge in [0.05, 0.1) is 11.8 Å². The van der Waals surface area contributed by atoms with Gasteiger partial charge < -0.3 is 4.90 Å². The molecule has 0 spiro atoms. The lowest BCUT2D eigenvalue weighted by Crippen LogP contribution is -2.49. The molecule has 1 atom stereocenters. The molecular formula is C22H25N3. The largest absolute Gasteiger partial charge is 0.300 e. The van der Waals surface area contributed by atoms with Crippen LogP contribution in [-0.4, -0.2) is 29.0 Å². The molecule has 0 radical (unpaired) electrons. The number of nitrogens with zero attached hydrogens (tertiary/aromatic N) is 3. The maximum Gasteiger partial charge on any atom is 0.125 e. The Bertz CT molecular complexity index is 687. The highest BCUT2D eigenvalue weighted by molar-refractivity contribution is 5.42. The summed E-state index contributed by atoms with van der Waals surface area (Å²) in [5.74, 6) is 0.869. The maximum atomic E-state index is 10.2. The molecule has 2 saturated heterocycles. The van der Waals surface area contributed by atoms with Crippen molar-refractivity contribution in [1.29, 1.82) is 5.26 Å². The van der Waals surface area contributed by atoms with Crippen molar-refractivity contribution in [1.82, 2.24) is 9.88 Å². The average molecular weight is 331 g/mol. The van der Waals surface area contributed by atoms with E-state index < -0.39 is 5.41 Å². The molecule has 5 rings (SSSR count). The van der Waals surface area contributed by atoms with E-state index in [0.29, 0.717) is 0 Å². The molecule has 25 heavy (non-hydrogen) atoms. The van der Waals surface area contributed by atoms with E-state index in [0.717, 1.165) is 36.2 Å². The number of piperidine rings is 2. The zero-order chi connectivity index (χ0) is 17.1. The van der Waals surface area contributed by atoms with E-state index in [-0.39, 0.29) is 0 Å². The first-order chi connectivity index (χ1) is 12.3. The second-order valence-corrected chi connectivity index (χ2v) is 7.52. The van der Waals surface area contributed by atoms with Crippen molar-refractivity contribution in [3.8, 4) is 6.07 Å². The normalized spacial score (nSPS) is 25.2. The van der Waals surface area contributed by atoms with Crippen molar-refractivity contribution >= 4 is 0 Å². The van der Waals surface area contributed by atoms with E-state index in [1.54, 1.807) is 6.20 Å². The van der Waals surface area contributed by atoms with E-state index >= 15 is 0 Å². The molecule has 3 heteroatoms. The molecule has 3 aliphatic rings. The van der Waals surface area contributed by atoms with Crippen molar-refractivity contribution in [3.63, 3.8) is 0 Å². The summed E-state index contributed by atoms with van der Waals surface area (Å²) in [5, 5.41) is 10.2. The van der Waals surface area contributed by atoms with Crippen molar-refractivity contribution in [3.05, 3.63) is 66.0 Å². The summed E-state index contributed by atoms with van der Waals surface area (Å²) in [4.78, 5) is 7.20. The zero-order valence-corrected chi connectivity index (χ0v) is 14.6. The summed E-state index contributed by atoms with van der Waals surface area (Å²) in [6, 6.07) is 19.5. The molecule has 3 nitrogen and oxygen atoms in total. The molecule has 1 saturated carbocycles. The number of rotatable bonds is 5. The molecule has 3 fully saturated rings. The Morgan fingerprint density at radius 3 is 2.40 bits per heavy atom. The van der Waals surface area contributed by atoms with Gasteiger partial charge >= 0.3 is 0 Å². The Morgan fingerprint density at radius 2 is 1.80 bits per heavy atom. The van der Waals surface area contributed by atoms with Crippen LogP contribution in [0.25, 0.3) is 0 Å². The number of nitriles is 1. The van der Waals surface area contributed by atoms with E-state index in [9.17, 15) is 5.26 Å². The van der Waals surface area contributed by atoms with Crippen LogP contribution >= 0.6 is 0 Å². The van der Waals surface area contributed by atoms with Crippen molar-refractivity contribution in [2.45, 2.75) is 43.6 Å². The van der Waals surface area contributed by atoms with Gasteiger partial charge in [-0.15, -0.1) is 0 Å². The second kappa shape index (κ2) is 6.98. The minimum Gasteiger partial charge on any atom is -0.300 e. The van der Waals surface area contributed by atoms with Gasteiger partial charge in [-0.25, -0.2) is 0 Å². The summed E-state index contributed by atoms with van der Waals surface area (Å²) in [7, 11) is 0. The number of hydrogen-bond acceptors (Lipinski definition) is 3. The summed E-state index contributed by atoms with van der Waals surface area (Å²) in [5.41, 5.74) is 1.25. The number of fused-ring (bicyclic) bond motifs is 3. The monoisotopic (exact) mass is 331 g/mol. The molecule has 2 aliphatic heterocycles. The Labute approximate surface area is 150 Å². The van der Waals surface area contributed by atoms with Gasteiger partial charge in [0.15, 0.2) is 0 Å². The fourth-order valence-corrected chi connectivity index (χ4v) is 4.69. The minimum absolute atomic E-state index is 0.667. The Hall–Kier alpha value is -2.18. The average Bonchev–Trinajstić information content (AvgIpc) is 2.71. The van der Waals surface area contributed by atoms with Crippen LogP contribution in [0, 0.1) is 17.2 Å². The first kappa shape index (κ1) is 16.3.